The number of nitrogens with two attached hydrogens (primary N) is 2. The number of hydrogen-bond acceptors (Lipinski definition) is 1. The van der Waals surface area contributed by atoms with Crippen LogP contribution in [0.15, 0.2) is 12.7 Å². The molecule has 8 heavy (non-hydrogen) atoms. The van der Waals surface area contributed by atoms with Crippen LogP contribution in [0.2, 0.25) is 0 Å². The second kappa shape index (κ2) is 15.8. The molecule has 0 aliphatic carbocycles. The van der Waals surface area contributed by atoms with Crippen molar-refractivity contribution >= 4 is 17.3 Å². The molecule has 0 amide bonds. The van der Waals surface area contributed by atoms with Gasteiger partial charge in [0, 0.05) is 21.1 Å². The van der Waals surface area contributed by atoms with Crippen LogP contribution in [0.4, 0.5) is 0 Å². The van der Waals surface area contributed by atoms with Crippen molar-refractivity contribution in [1.82, 2.24) is 0 Å². The Balaban J connectivity index is -0.0000000575. The van der Waals surface area contributed by atoms with Crippen LogP contribution in [0.3, 0.4) is 0 Å². The van der Waals surface area contributed by atoms with E-state index in [9.17, 15) is 0 Å². The number of thiocarbonyl (C=S) groups is 1. The van der Waals surface area contributed by atoms with E-state index in [1.165, 1.54) is 6.08 Å². The van der Waals surface area contributed by atoms with E-state index in [1.54, 1.807) is 0 Å². The Hall–Kier alpha value is -0.0117. The SMILES string of the molecule is C=C[CH2-].NC(N)=S.[Mo]. The van der Waals surface area contributed by atoms with Crippen molar-refractivity contribution in [2.24, 2.45) is 11.5 Å². The molecule has 0 aliphatic rings. The van der Waals surface area contributed by atoms with Gasteiger partial charge >= 0.3 is 0 Å². The first kappa shape index (κ1) is 15.7. The molecule has 0 radical (unpaired) electrons. The predicted octanol–water partition coefficient (Wildman–Crippen LogP) is 0.193. The average molecular weight is 213 g/mol. The van der Waals surface area contributed by atoms with Gasteiger partial charge in [-0.05, 0) is 12.2 Å². The fourth-order valence-corrected chi connectivity index (χ4v) is 0. The molecule has 0 rings (SSSR count). The van der Waals surface area contributed by atoms with E-state index >= 15 is 0 Å². The Labute approximate surface area is 69.6 Å². The zero-order valence-electron chi connectivity index (χ0n) is 4.46. The van der Waals surface area contributed by atoms with Gasteiger partial charge in [0.25, 0.3) is 0 Å². The quantitative estimate of drug-likeness (QED) is 0.343. The summed E-state index contributed by atoms with van der Waals surface area (Å²) in [7, 11) is 0. The topological polar surface area (TPSA) is 52.0 Å². The van der Waals surface area contributed by atoms with Crippen molar-refractivity contribution in [3.63, 3.8) is 0 Å². The number of hydrogen-bond donors (Lipinski definition) is 2. The Bertz CT molecular complexity index is 61.1. The molecule has 0 fully saturated rings. The number of allylic oxidation sites excluding steroid dienone is 1. The standard InChI is InChI=1S/C3H5.CH4N2S.Mo/c1-3-2;2-1(3)4;/h3H,1-2H2;(H4,2,3,4);/q-1;;. The van der Waals surface area contributed by atoms with Gasteiger partial charge in [-0.15, -0.1) is 0 Å². The Morgan fingerprint density at radius 1 is 1.62 bits per heavy atom. The van der Waals surface area contributed by atoms with Crippen molar-refractivity contribution in [2.75, 3.05) is 0 Å². The van der Waals surface area contributed by atoms with Crippen LogP contribution in [-0.2, 0) is 21.1 Å². The zero-order valence-corrected chi connectivity index (χ0v) is 7.29. The van der Waals surface area contributed by atoms with Gasteiger partial charge in [0.05, 0.1) is 0 Å². The first-order valence-electron chi connectivity index (χ1n) is 1.60. The third-order valence-corrected chi connectivity index (χ3v) is 0. The van der Waals surface area contributed by atoms with Gasteiger partial charge in [-0.25, -0.2) is 19.6 Å². The van der Waals surface area contributed by atoms with E-state index in [2.05, 4.69) is 37.2 Å². The van der Waals surface area contributed by atoms with Crippen LogP contribution < -0.4 is 11.5 Å². The molecule has 0 saturated heterocycles. The van der Waals surface area contributed by atoms with Crippen molar-refractivity contribution in [2.45, 2.75) is 0 Å². The molecule has 4 N–H and O–H groups in total. The molecule has 0 aromatic carbocycles. The summed E-state index contributed by atoms with van der Waals surface area (Å²) in [5, 5.41) is 0.000000000000000222. The smallest absolute Gasteiger partial charge is 0.160 e. The summed E-state index contributed by atoms with van der Waals surface area (Å²) in [6.07, 6.45) is 1.50. The van der Waals surface area contributed by atoms with Crippen molar-refractivity contribution < 1.29 is 21.1 Å². The minimum Gasteiger partial charge on any atom is -0.377 e. The molecule has 48 valence electrons. The van der Waals surface area contributed by atoms with Gasteiger partial charge in [0.15, 0.2) is 5.11 Å². The summed E-state index contributed by atoms with van der Waals surface area (Å²) < 4.78 is 0. The van der Waals surface area contributed by atoms with Crippen LogP contribution in [0.5, 0.6) is 0 Å². The molecule has 0 aromatic heterocycles. The third-order valence-electron chi connectivity index (χ3n) is 0. The van der Waals surface area contributed by atoms with Crippen LogP contribution in [0.1, 0.15) is 0 Å². The second-order valence-electron chi connectivity index (χ2n) is 0.691. The molecule has 0 unspecified atom stereocenters. The van der Waals surface area contributed by atoms with Crippen LogP contribution in [0.25, 0.3) is 0 Å². The maximum atomic E-state index is 4.62. The molecular weight excluding hydrogens is 204 g/mol. The Kier molecular flexibility index (Phi) is 30.9. The van der Waals surface area contributed by atoms with Crippen LogP contribution in [0, 0.1) is 6.92 Å². The summed E-state index contributed by atoms with van der Waals surface area (Å²) in [5.74, 6) is 0. The summed E-state index contributed by atoms with van der Waals surface area (Å²) in [5.41, 5.74) is 9.24. The molecule has 2 nitrogen and oxygen atoms in total. The molecule has 0 aromatic rings. The maximum Gasteiger partial charge on any atom is 0.160 e. The summed E-state index contributed by atoms with van der Waals surface area (Å²) in [6, 6.07) is 0. The third kappa shape index (κ3) is 1090000. The Morgan fingerprint density at radius 2 is 1.62 bits per heavy atom. The van der Waals surface area contributed by atoms with E-state index in [0.717, 1.165) is 0 Å². The fraction of sp³-hybridized carbons (Fsp3) is 0. The molecule has 0 heterocycles. The van der Waals surface area contributed by atoms with E-state index in [1.807, 2.05) is 0 Å². The molecule has 0 bridgehead atoms. The van der Waals surface area contributed by atoms with E-state index in [0.29, 0.717) is 0 Å². The van der Waals surface area contributed by atoms with Gasteiger partial charge in [-0.1, -0.05) is 0 Å². The van der Waals surface area contributed by atoms with Gasteiger partial charge < -0.3 is 11.5 Å². The molecule has 0 saturated carbocycles. The normalized spacial score (nSPS) is 4.50. The summed E-state index contributed by atoms with van der Waals surface area (Å²) >= 11 is 4.09. The van der Waals surface area contributed by atoms with Crippen molar-refractivity contribution in [3.8, 4) is 0 Å². The first-order valence-corrected chi connectivity index (χ1v) is 2.01. The zero-order chi connectivity index (χ0) is 6.28. The molecular formula is C4H9MoN2S-. The summed E-state index contributed by atoms with van der Waals surface area (Å²) in [6.45, 7) is 6.50. The summed E-state index contributed by atoms with van der Waals surface area (Å²) in [4.78, 5) is 0. The average Bonchev–Trinajstić information content (AvgIpc) is 1.33. The monoisotopic (exact) mass is 215 g/mol. The van der Waals surface area contributed by atoms with Gasteiger partial charge in [0.2, 0.25) is 0 Å². The van der Waals surface area contributed by atoms with E-state index in [4.69, 9.17) is 0 Å². The second-order valence-corrected chi connectivity index (χ2v) is 1.16. The fourth-order valence-electron chi connectivity index (χ4n) is 0. The van der Waals surface area contributed by atoms with Gasteiger partial charge in [0.1, 0.15) is 0 Å². The van der Waals surface area contributed by atoms with Crippen molar-refractivity contribution in [3.05, 3.63) is 19.6 Å². The van der Waals surface area contributed by atoms with Crippen LogP contribution in [-0.4, -0.2) is 5.11 Å². The largest absolute Gasteiger partial charge is 0.377 e. The predicted molar refractivity (Wildman–Crippen MR) is 36.5 cm³/mol. The van der Waals surface area contributed by atoms with E-state index < -0.39 is 0 Å². The molecule has 0 spiro atoms. The van der Waals surface area contributed by atoms with E-state index in [-0.39, 0.29) is 26.2 Å². The van der Waals surface area contributed by atoms with Gasteiger partial charge in [-0.3, -0.25) is 0 Å². The van der Waals surface area contributed by atoms with Gasteiger partial charge in [-0.2, -0.15) is 0 Å². The maximum absolute atomic E-state index is 4.62. The Morgan fingerprint density at radius 3 is 1.62 bits per heavy atom. The first-order chi connectivity index (χ1) is 3.15. The van der Waals surface area contributed by atoms with Crippen molar-refractivity contribution in [1.29, 1.82) is 0 Å². The number of rotatable bonds is 0. The minimum absolute atomic E-state index is 0. The minimum atomic E-state index is 0. The molecule has 0 aliphatic heterocycles. The molecule has 0 atom stereocenters. The molecule has 4 heteroatoms. The van der Waals surface area contributed by atoms with Crippen LogP contribution >= 0.6 is 12.2 Å².